The third kappa shape index (κ3) is 5.53. The Morgan fingerprint density at radius 3 is 2.56 bits per heavy atom. The van der Waals surface area contributed by atoms with Gasteiger partial charge in [0.05, 0.1) is 14.4 Å². The quantitative estimate of drug-likeness (QED) is 0.340. The molecule has 32 heavy (non-hydrogen) atoms. The zero-order chi connectivity index (χ0) is 22.7. The highest BCUT2D eigenvalue weighted by Crippen LogP contribution is 2.39. The number of hydrogen-bond donors (Lipinski definition) is 0. The van der Waals surface area contributed by atoms with Crippen molar-refractivity contribution in [3.63, 3.8) is 0 Å². The Bertz CT molecular complexity index is 1050. The summed E-state index contributed by atoms with van der Waals surface area (Å²) in [4.78, 5) is 27.1. The molecular formula is C24H22BrCl2NO3S. The molecule has 168 valence electrons. The first-order valence-corrected chi connectivity index (χ1v) is 12.9. The molecule has 0 N–H and O–H groups in total. The lowest BCUT2D eigenvalue weighted by Crippen LogP contribution is -2.34. The van der Waals surface area contributed by atoms with E-state index in [9.17, 15) is 9.59 Å². The summed E-state index contributed by atoms with van der Waals surface area (Å²) in [5.74, 6) is 0.681. The van der Waals surface area contributed by atoms with Crippen LogP contribution < -0.4 is 4.74 Å². The highest BCUT2D eigenvalue weighted by atomic mass is 79.9. The van der Waals surface area contributed by atoms with Crippen LogP contribution in [0.3, 0.4) is 0 Å². The fourth-order valence-electron chi connectivity index (χ4n) is 4.00. The van der Waals surface area contributed by atoms with Crippen LogP contribution >= 0.6 is 50.9 Å². The molecule has 1 saturated heterocycles. The Hall–Kier alpha value is -1.47. The highest BCUT2D eigenvalue weighted by Gasteiger charge is 2.36. The second-order valence-electron chi connectivity index (χ2n) is 7.99. The number of rotatable bonds is 6. The van der Waals surface area contributed by atoms with Crippen LogP contribution in [-0.4, -0.2) is 22.6 Å². The second-order valence-corrected chi connectivity index (χ2v) is 10.7. The Kier molecular flexibility index (Phi) is 7.87. The number of amides is 2. The minimum Gasteiger partial charge on any atom is -0.486 e. The van der Waals surface area contributed by atoms with E-state index >= 15 is 0 Å². The van der Waals surface area contributed by atoms with E-state index in [4.69, 9.17) is 27.9 Å². The molecule has 4 rings (SSSR count). The average molecular weight is 555 g/mol. The summed E-state index contributed by atoms with van der Waals surface area (Å²) in [6, 6.07) is 11.0. The van der Waals surface area contributed by atoms with E-state index in [0.717, 1.165) is 35.7 Å². The molecule has 0 aromatic heterocycles. The highest BCUT2D eigenvalue weighted by molar-refractivity contribution is 9.10. The van der Waals surface area contributed by atoms with Gasteiger partial charge in [-0.05, 0) is 76.3 Å². The van der Waals surface area contributed by atoms with E-state index in [1.165, 1.54) is 24.2 Å². The van der Waals surface area contributed by atoms with Crippen LogP contribution in [0.5, 0.6) is 5.75 Å². The lowest BCUT2D eigenvalue weighted by Gasteiger charge is -2.25. The van der Waals surface area contributed by atoms with E-state index in [0.29, 0.717) is 37.6 Å². The minimum absolute atomic E-state index is 0.198. The van der Waals surface area contributed by atoms with Gasteiger partial charge < -0.3 is 4.74 Å². The van der Waals surface area contributed by atoms with Gasteiger partial charge in [-0.3, -0.25) is 14.5 Å². The van der Waals surface area contributed by atoms with Crippen LogP contribution in [0.25, 0.3) is 6.08 Å². The number of thioether (sulfide) groups is 1. The van der Waals surface area contributed by atoms with Gasteiger partial charge in [0.15, 0.2) is 5.75 Å². The van der Waals surface area contributed by atoms with Gasteiger partial charge in [-0.2, -0.15) is 0 Å². The molecule has 1 heterocycles. The smallest absolute Gasteiger partial charge is 0.293 e. The summed E-state index contributed by atoms with van der Waals surface area (Å²) in [6.07, 6.45) is 7.46. The van der Waals surface area contributed by atoms with Gasteiger partial charge in [-0.25, -0.2) is 0 Å². The molecule has 1 aliphatic carbocycles. The van der Waals surface area contributed by atoms with Crippen molar-refractivity contribution in [3.05, 3.63) is 66.9 Å². The van der Waals surface area contributed by atoms with Crippen LogP contribution in [-0.2, 0) is 11.4 Å². The number of ether oxygens (including phenoxy) is 1. The molecule has 0 unspecified atom stereocenters. The number of nitrogens with zero attached hydrogens (tertiary/aromatic N) is 1. The summed E-state index contributed by atoms with van der Waals surface area (Å²) in [5, 5.41) is 0.830. The lowest BCUT2D eigenvalue weighted by atomic mass is 9.89. The van der Waals surface area contributed by atoms with Crippen molar-refractivity contribution >= 4 is 68.1 Å². The molecule has 1 saturated carbocycles. The molecule has 8 heteroatoms. The second kappa shape index (κ2) is 10.6. The van der Waals surface area contributed by atoms with Gasteiger partial charge in [-0.1, -0.05) is 60.7 Å². The molecule has 0 spiro atoms. The van der Waals surface area contributed by atoms with Crippen molar-refractivity contribution < 1.29 is 14.3 Å². The fraction of sp³-hybridized carbons (Fsp3) is 0.333. The van der Waals surface area contributed by atoms with E-state index in [1.54, 1.807) is 18.2 Å². The number of carbonyl (C=O) groups excluding carboxylic acids is 2. The molecule has 2 fully saturated rings. The molecule has 2 aromatic rings. The number of halogens is 3. The first kappa shape index (κ1) is 23.7. The Morgan fingerprint density at radius 2 is 1.84 bits per heavy atom. The van der Waals surface area contributed by atoms with E-state index in [-0.39, 0.29) is 17.8 Å². The molecule has 2 aliphatic rings. The predicted octanol–water partition coefficient (Wildman–Crippen LogP) is 7.95. The number of benzene rings is 2. The molecular weight excluding hydrogens is 533 g/mol. The van der Waals surface area contributed by atoms with Crippen molar-refractivity contribution in [3.8, 4) is 5.75 Å². The van der Waals surface area contributed by atoms with Crippen molar-refractivity contribution in [1.82, 2.24) is 4.90 Å². The van der Waals surface area contributed by atoms with Gasteiger partial charge >= 0.3 is 0 Å². The number of imide groups is 1. The standard InChI is InChI=1S/C24H22BrCl2NO3S/c25-18-10-16(11-20(27)22(18)31-14-17-8-4-5-9-19(17)26)12-21-23(29)28(24(30)32-21)13-15-6-2-1-3-7-15/h4-5,8-12,15H,1-3,6-7,13-14H2/b21-12+. The van der Waals surface area contributed by atoms with Crippen molar-refractivity contribution in [2.45, 2.75) is 38.7 Å². The van der Waals surface area contributed by atoms with Gasteiger partial charge in [0.25, 0.3) is 11.1 Å². The van der Waals surface area contributed by atoms with Crippen LogP contribution in [0.2, 0.25) is 10.0 Å². The van der Waals surface area contributed by atoms with Gasteiger partial charge in [0.2, 0.25) is 0 Å². The largest absolute Gasteiger partial charge is 0.486 e. The normalized spacial score (nSPS) is 18.6. The van der Waals surface area contributed by atoms with E-state index in [1.807, 2.05) is 24.3 Å². The van der Waals surface area contributed by atoms with E-state index in [2.05, 4.69) is 15.9 Å². The summed E-state index contributed by atoms with van der Waals surface area (Å²) in [5.41, 5.74) is 1.57. The zero-order valence-electron chi connectivity index (χ0n) is 17.3. The topological polar surface area (TPSA) is 46.6 Å². The first-order valence-electron chi connectivity index (χ1n) is 10.5. The monoisotopic (exact) mass is 553 g/mol. The number of hydrogen-bond acceptors (Lipinski definition) is 4. The molecule has 1 aliphatic heterocycles. The Morgan fingerprint density at radius 1 is 1.09 bits per heavy atom. The van der Waals surface area contributed by atoms with E-state index < -0.39 is 0 Å². The first-order chi connectivity index (χ1) is 15.4. The Labute approximate surface area is 210 Å². The van der Waals surface area contributed by atoms with Crippen molar-refractivity contribution in [1.29, 1.82) is 0 Å². The minimum atomic E-state index is -0.225. The third-order valence-corrected chi connectivity index (χ3v) is 7.83. The molecule has 0 bridgehead atoms. The van der Waals surface area contributed by atoms with Gasteiger partial charge in [-0.15, -0.1) is 0 Å². The fourth-order valence-corrected chi connectivity index (χ4v) is 6.03. The van der Waals surface area contributed by atoms with Crippen molar-refractivity contribution in [2.24, 2.45) is 5.92 Å². The maximum absolute atomic E-state index is 12.9. The van der Waals surface area contributed by atoms with Crippen LogP contribution in [0.1, 0.15) is 43.2 Å². The molecule has 0 radical (unpaired) electrons. The molecule has 4 nitrogen and oxygen atoms in total. The zero-order valence-corrected chi connectivity index (χ0v) is 21.2. The number of carbonyl (C=O) groups is 2. The lowest BCUT2D eigenvalue weighted by molar-refractivity contribution is -0.123. The maximum Gasteiger partial charge on any atom is 0.293 e. The SMILES string of the molecule is O=C1S/C(=C/c2cc(Cl)c(OCc3ccccc3Cl)c(Br)c2)C(=O)N1CC1CCCCC1. The van der Waals surface area contributed by atoms with Gasteiger partial charge in [0.1, 0.15) is 6.61 Å². The summed E-state index contributed by atoms with van der Waals surface area (Å²) in [6.45, 7) is 0.790. The van der Waals surface area contributed by atoms with Crippen LogP contribution in [0, 0.1) is 5.92 Å². The molecule has 2 amide bonds. The third-order valence-electron chi connectivity index (χ3n) is 5.69. The summed E-state index contributed by atoms with van der Waals surface area (Å²) in [7, 11) is 0. The summed E-state index contributed by atoms with van der Waals surface area (Å²) < 4.78 is 6.54. The van der Waals surface area contributed by atoms with Gasteiger partial charge in [0, 0.05) is 17.1 Å². The summed E-state index contributed by atoms with van der Waals surface area (Å²) >= 11 is 17.1. The maximum atomic E-state index is 12.9. The Balaban J connectivity index is 1.47. The van der Waals surface area contributed by atoms with Crippen LogP contribution in [0.4, 0.5) is 4.79 Å². The molecule has 2 aromatic carbocycles. The van der Waals surface area contributed by atoms with Crippen molar-refractivity contribution in [2.75, 3.05) is 6.54 Å². The predicted molar refractivity (Wildman–Crippen MR) is 134 cm³/mol. The molecule has 0 atom stereocenters. The van der Waals surface area contributed by atoms with Crippen LogP contribution in [0.15, 0.2) is 45.8 Å². The average Bonchev–Trinajstić information content (AvgIpc) is 3.02.